The van der Waals surface area contributed by atoms with Gasteiger partial charge in [0.15, 0.2) is 16.1 Å². The minimum Gasteiger partial charge on any atom is -0.456 e. The van der Waals surface area contributed by atoms with Gasteiger partial charge in [0, 0.05) is 40.5 Å². The van der Waals surface area contributed by atoms with E-state index >= 15 is 0 Å². The van der Waals surface area contributed by atoms with Gasteiger partial charge in [-0.3, -0.25) is 4.90 Å². The van der Waals surface area contributed by atoms with E-state index in [2.05, 4.69) is 253 Å². The largest absolute Gasteiger partial charge is 0.456 e. The summed E-state index contributed by atoms with van der Waals surface area (Å²) in [7, 11) is -4.27. The fraction of sp³-hybridized carbons (Fsp3) is 0.0164. The summed E-state index contributed by atoms with van der Waals surface area (Å²) in [6.07, 6.45) is 1.91. The van der Waals surface area contributed by atoms with Crippen molar-refractivity contribution in [2.45, 2.75) is 0 Å². The SMILES string of the molecule is Cn1c(-c2cccc([Si](c3ccccc3)(c3ccccc3)c3ccc4c(c3)N(c3ccccn3)c3ccc5c(oc6ccccc65)c3[Si]4(c3ccccc3)c3ccccc3)c2)nc2ccccc21. The molecule has 0 fully saturated rings. The average Bonchev–Trinajstić information content (AvgIpc) is 3.97. The highest BCUT2D eigenvalue weighted by Gasteiger charge is 2.52. The molecule has 12 aromatic rings. The Balaban J connectivity index is 1.18. The topological polar surface area (TPSA) is 47.1 Å². The lowest BCUT2D eigenvalue weighted by molar-refractivity contribution is 0.671. The Morgan fingerprint density at radius 3 is 1.79 bits per heavy atom. The van der Waals surface area contributed by atoms with Crippen LogP contribution in [0.15, 0.2) is 253 Å². The van der Waals surface area contributed by atoms with Gasteiger partial charge in [-0.1, -0.05) is 194 Å². The van der Waals surface area contributed by atoms with Gasteiger partial charge in [-0.2, -0.15) is 0 Å². The summed E-state index contributed by atoms with van der Waals surface area (Å²) in [5, 5.41) is 12.5. The monoisotopic (exact) mass is 904 g/mol. The first-order valence-corrected chi connectivity index (χ1v) is 27.2. The molecule has 5 nitrogen and oxygen atoms in total. The minimum absolute atomic E-state index is 0.849. The lowest BCUT2D eigenvalue weighted by Crippen LogP contribution is -2.78. The van der Waals surface area contributed by atoms with Crippen molar-refractivity contribution in [1.82, 2.24) is 14.5 Å². The number of pyridine rings is 1. The lowest BCUT2D eigenvalue weighted by Gasteiger charge is -2.45. The molecule has 0 amide bonds. The molecule has 9 aromatic carbocycles. The highest BCUT2D eigenvalue weighted by molar-refractivity contribution is 7.23. The molecule has 322 valence electrons. The molecule has 68 heavy (non-hydrogen) atoms. The molecule has 3 aromatic heterocycles. The van der Waals surface area contributed by atoms with Crippen LogP contribution in [-0.4, -0.2) is 30.7 Å². The van der Waals surface area contributed by atoms with E-state index in [-0.39, 0.29) is 0 Å². The molecule has 13 rings (SSSR count). The van der Waals surface area contributed by atoms with Crippen molar-refractivity contribution in [2.24, 2.45) is 7.05 Å². The maximum atomic E-state index is 7.16. The number of fused-ring (bicyclic) bond motifs is 7. The van der Waals surface area contributed by atoms with Gasteiger partial charge in [-0.15, -0.1) is 0 Å². The Labute approximate surface area is 396 Å². The van der Waals surface area contributed by atoms with Crippen LogP contribution in [0.25, 0.3) is 44.4 Å². The number of aryl methyl sites for hydroxylation is 1. The molecule has 0 aliphatic carbocycles. The molecular formula is C61H44N4OSi2. The summed E-state index contributed by atoms with van der Waals surface area (Å²) in [4.78, 5) is 12.8. The number of nitrogens with zero attached hydrogens (tertiary/aromatic N) is 4. The van der Waals surface area contributed by atoms with Crippen molar-refractivity contribution in [3.63, 3.8) is 0 Å². The van der Waals surface area contributed by atoms with E-state index in [0.29, 0.717) is 0 Å². The average molecular weight is 905 g/mol. The van der Waals surface area contributed by atoms with Gasteiger partial charge in [0.1, 0.15) is 22.8 Å². The molecule has 0 radical (unpaired) electrons. The van der Waals surface area contributed by atoms with Gasteiger partial charge in [0.2, 0.25) is 0 Å². The summed E-state index contributed by atoms with van der Waals surface area (Å²) in [5.41, 5.74) is 7.19. The molecule has 7 heteroatoms. The van der Waals surface area contributed by atoms with Gasteiger partial charge < -0.3 is 8.98 Å². The summed E-state index contributed by atoms with van der Waals surface area (Å²) in [6, 6.07) is 89.3. The summed E-state index contributed by atoms with van der Waals surface area (Å²) in [5.74, 6) is 1.79. The number of benzene rings is 9. The van der Waals surface area contributed by atoms with Gasteiger partial charge >= 0.3 is 0 Å². The maximum Gasteiger partial charge on any atom is 0.188 e. The third-order valence-electron chi connectivity index (χ3n) is 14.3. The highest BCUT2D eigenvalue weighted by Crippen LogP contribution is 2.41. The second-order valence-electron chi connectivity index (χ2n) is 17.7. The van der Waals surface area contributed by atoms with E-state index < -0.39 is 16.1 Å². The number of para-hydroxylation sites is 3. The van der Waals surface area contributed by atoms with E-state index in [1.165, 1.54) is 41.5 Å². The zero-order chi connectivity index (χ0) is 45.2. The molecule has 4 heterocycles. The fourth-order valence-corrected chi connectivity index (χ4v) is 21.4. The van der Waals surface area contributed by atoms with Crippen molar-refractivity contribution < 1.29 is 4.42 Å². The molecular weight excluding hydrogens is 861 g/mol. The normalized spacial score (nSPS) is 13.2. The Hall–Kier alpha value is -8.37. The van der Waals surface area contributed by atoms with Crippen molar-refractivity contribution >= 4 is 108 Å². The Bertz CT molecular complexity index is 3740. The van der Waals surface area contributed by atoms with Crippen LogP contribution in [0.2, 0.25) is 0 Å². The van der Waals surface area contributed by atoms with Gasteiger partial charge in [0.05, 0.1) is 16.7 Å². The summed E-state index contributed by atoms with van der Waals surface area (Å²) < 4.78 is 9.39. The minimum atomic E-state index is -3.23. The highest BCUT2D eigenvalue weighted by atomic mass is 28.3. The first kappa shape index (κ1) is 40.0. The zero-order valence-corrected chi connectivity index (χ0v) is 39.4. The number of imidazole rings is 1. The van der Waals surface area contributed by atoms with Crippen LogP contribution in [-0.2, 0) is 7.05 Å². The van der Waals surface area contributed by atoms with Crippen LogP contribution in [0, 0.1) is 0 Å². The lowest BCUT2D eigenvalue weighted by atomic mass is 10.1. The molecule has 1 aliphatic rings. The number of hydrogen-bond donors (Lipinski definition) is 0. The number of furan rings is 1. The van der Waals surface area contributed by atoms with Crippen LogP contribution in [0.5, 0.6) is 0 Å². The second kappa shape index (κ2) is 15.9. The Morgan fingerprint density at radius 1 is 0.485 bits per heavy atom. The number of aromatic nitrogens is 3. The second-order valence-corrected chi connectivity index (χ2v) is 25.2. The van der Waals surface area contributed by atoms with Crippen LogP contribution in [0.1, 0.15) is 0 Å². The number of anilines is 3. The van der Waals surface area contributed by atoms with Crippen molar-refractivity contribution in [1.29, 1.82) is 0 Å². The van der Waals surface area contributed by atoms with Crippen LogP contribution >= 0.6 is 0 Å². The third kappa shape index (κ3) is 5.86. The van der Waals surface area contributed by atoms with Crippen molar-refractivity contribution in [2.75, 3.05) is 4.90 Å². The molecule has 0 saturated carbocycles. The number of hydrogen-bond acceptors (Lipinski definition) is 4. The van der Waals surface area contributed by atoms with E-state index in [1.807, 2.05) is 12.3 Å². The van der Waals surface area contributed by atoms with Crippen molar-refractivity contribution in [3.05, 3.63) is 249 Å². The summed E-state index contributed by atoms with van der Waals surface area (Å²) >= 11 is 0. The van der Waals surface area contributed by atoms with E-state index in [1.54, 1.807) is 0 Å². The molecule has 0 bridgehead atoms. The third-order valence-corrected chi connectivity index (χ3v) is 23.9. The van der Waals surface area contributed by atoms with Gasteiger partial charge in [0.25, 0.3) is 0 Å². The van der Waals surface area contributed by atoms with Crippen LogP contribution < -0.4 is 46.4 Å². The predicted octanol–water partition coefficient (Wildman–Crippen LogP) is 9.07. The summed E-state index contributed by atoms with van der Waals surface area (Å²) in [6.45, 7) is 0. The Morgan fingerprint density at radius 2 is 1.10 bits per heavy atom. The van der Waals surface area contributed by atoms with Crippen molar-refractivity contribution in [3.8, 4) is 11.4 Å². The Kier molecular flexibility index (Phi) is 9.35. The van der Waals surface area contributed by atoms with Gasteiger partial charge in [-0.05, 0) is 84.8 Å². The molecule has 0 unspecified atom stereocenters. The molecule has 0 spiro atoms. The van der Waals surface area contributed by atoms with E-state index in [4.69, 9.17) is 14.4 Å². The van der Waals surface area contributed by atoms with E-state index in [9.17, 15) is 0 Å². The van der Waals surface area contributed by atoms with Gasteiger partial charge in [-0.25, -0.2) is 9.97 Å². The smallest absolute Gasteiger partial charge is 0.188 e. The fourth-order valence-electron chi connectivity index (χ4n) is 11.4. The predicted molar refractivity (Wildman–Crippen MR) is 287 cm³/mol. The quantitative estimate of drug-likeness (QED) is 0.113. The first-order valence-electron chi connectivity index (χ1n) is 23.2. The first-order chi connectivity index (χ1) is 33.7. The van der Waals surface area contributed by atoms with Crippen LogP contribution in [0.4, 0.5) is 17.2 Å². The maximum absolute atomic E-state index is 7.16. The van der Waals surface area contributed by atoms with E-state index in [0.717, 1.165) is 61.6 Å². The molecule has 0 N–H and O–H groups in total. The molecule has 0 atom stereocenters. The molecule has 0 saturated heterocycles. The zero-order valence-electron chi connectivity index (χ0n) is 37.4. The number of rotatable bonds is 8. The standard InChI is InChI=1S/C61H44N4OSi2/c1-64-53-33-16-15-32-52(53)63-61(64)43-21-20-30-48(41-43)67(44-22-6-2-7-23-44,45-24-8-3-9-25-45)49-36-39-57-55(42-49)65(58-35-18-19-40-62-58)54-38-37-51-50-31-14-17-34-56(50)66-59(51)60(54)68(57,46-26-10-4-11-27-46)47-28-12-5-13-29-47/h2-42H,1H3. The molecule has 1 aliphatic heterocycles. The van der Waals surface area contributed by atoms with Crippen LogP contribution in [0.3, 0.4) is 0 Å².